The van der Waals surface area contributed by atoms with Gasteiger partial charge >= 0.3 is 0 Å². The number of hydrogen-bond donors (Lipinski definition) is 1. The number of nitrogens with zero attached hydrogens (tertiary/aromatic N) is 4. The van der Waals surface area contributed by atoms with Gasteiger partial charge in [0.15, 0.2) is 0 Å². The summed E-state index contributed by atoms with van der Waals surface area (Å²) < 4.78 is 1.32. The smallest absolute Gasteiger partial charge is 0.282 e. The quantitative estimate of drug-likeness (QED) is 0.721. The maximum Gasteiger partial charge on any atom is 0.282 e. The average Bonchev–Trinajstić information content (AvgIpc) is 3.04. The van der Waals surface area contributed by atoms with Crippen LogP contribution in [-0.4, -0.2) is 41.2 Å². The van der Waals surface area contributed by atoms with E-state index in [4.69, 9.17) is 5.11 Å². The van der Waals surface area contributed by atoms with Gasteiger partial charge in [0.25, 0.3) is 5.56 Å². The molecule has 1 N–H and O–H groups in total. The number of benzene rings is 1. The molecule has 0 bridgehead atoms. The molecule has 2 heterocycles. The lowest BCUT2D eigenvalue weighted by molar-refractivity contribution is 0.304. The van der Waals surface area contributed by atoms with Crippen molar-refractivity contribution in [1.82, 2.24) is 9.66 Å². The topological polar surface area (TPSA) is 70.7 Å². The van der Waals surface area contributed by atoms with E-state index in [9.17, 15) is 4.79 Å². The Balaban J connectivity index is 1.87. The number of aromatic nitrogens is 2. The Morgan fingerprint density at radius 2 is 2.08 bits per heavy atom. The third kappa shape index (κ3) is 3.22. The van der Waals surface area contributed by atoms with E-state index in [1.54, 1.807) is 19.2 Å². The SMILES string of the molecule is Cc1nc2sccc2c(=O)n1/N=C\c1ccc(N(C)CCO)cc1. The van der Waals surface area contributed by atoms with E-state index < -0.39 is 0 Å². The molecule has 0 saturated heterocycles. The maximum absolute atomic E-state index is 12.4. The minimum absolute atomic E-state index is 0.111. The second kappa shape index (κ2) is 6.94. The van der Waals surface area contributed by atoms with Crippen LogP contribution in [0.25, 0.3) is 10.2 Å². The zero-order valence-electron chi connectivity index (χ0n) is 13.5. The van der Waals surface area contributed by atoms with Gasteiger partial charge in [-0.25, -0.2) is 4.98 Å². The van der Waals surface area contributed by atoms with Crippen LogP contribution < -0.4 is 10.5 Å². The number of thiophene rings is 1. The summed E-state index contributed by atoms with van der Waals surface area (Å²) in [6, 6.07) is 9.51. The van der Waals surface area contributed by atoms with Crippen molar-refractivity contribution in [3.05, 3.63) is 57.5 Å². The molecule has 6 nitrogen and oxygen atoms in total. The predicted octanol–water partition coefficient (Wildman–Crippen LogP) is 2.08. The van der Waals surface area contributed by atoms with Gasteiger partial charge in [-0.2, -0.15) is 9.78 Å². The summed E-state index contributed by atoms with van der Waals surface area (Å²) in [5, 5.41) is 15.7. The van der Waals surface area contributed by atoms with Crippen molar-refractivity contribution < 1.29 is 5.11 Å². The van der Waals surface area contributed by atoms with Crippen molar-refractivity contribution >= 4 is 33.5 Å². The van der Waals surface area contributed by atoms with E-state index in [0.717, 1.165) is 16.1 Å². The Morgan fingerprint density at radius 1 is 1.33 bits per heavy atom. The highest BCUT2D eigenvalue weighted by atomic mass is 32.1. The Bertz CT molecular complexity index is 928. The summed E-state index contributed by atoms with van der Waals surface area (Å²) in [4.78, 5) is 19.5. The van der Waals surface area contributed by atoms with Crippen LogP contribution in [0.4, 0.5) is 5.69 Å². The van der Waals surface area contributed by atoms with Gasteiger partial charge in [-0.15, -0.1) is 11.3 Å². The second-order valence-electron chi connectivity index (χ2n) is 5.40. The minimum Gasteiger partial charge on any atom is -0.395 e. The molecule has 0 aliphatic carbocycles. The Hall–Kier alpha value is -2.51. The number of fused-ring (bicyclic) bond motifs is 1. The van der Waals surface area contributed by atoms with Crippen LogP contribution in [0.3, 0.4) is 0 Å². The highest BCUT2D eigenvalue weighted by Gasteiger charge is 2.07. The zero-order valence-corrected chi connectivity index (χ0v) is 14.3. The molecule has 0 fully saturated rings. The number of hydrogen-bond acceptors (Lipinski definition) is 6. The summed E-state index contributed by atoms with van der Waals surface area (Å²) in [6.07, 6.45) is 1.64. The van der Waals surface area contributed by atoms with Crippen LogP contribution in [0.2, 0.25) is 0 Å². The number of aliphatic hydroxyl groups excluding tert-OH is 1. The molecule has 0 spiro atoms. The zero-order chi connectivity index (χ0) is 17.1. The lowest BCUT2D eigenvalue weighted by Gasteiger charge is -2.17. The molecule has 7 heteroatoms. The van der Waals surface area contributed by atoms with E-state index in [0.29, 0.717) is 17.8 Å². The molecular formula is C17H18N4O2S. The third-order valence-corrected chi connectivity index (χ3v) is 4.54. The van der Waals surface area contributed by atoms with Crippen LogP contribution in [0, 0.1) is 6.92 Å². The van der Waals surface area contributed by atoms with Crippen LogP contribution in [0.5, 0.6) is 0 Å². The van der Waals surface area contributed by atoms with Gasteiger partial charge in [0, 0.05) is 19.3 Å². The van der Waals surface area contributed by atoms with Gasteiger partial charge in [0.2, 0.25) is 0 Å². The van der Waals surface area contributed by atoms with Gasteiger partial charge in [-0.3, -0.25) is 4.79 Å². The van der Waals surface area contributed by atoms with E-state index in [2.05, 4.69) is 10.1 Å². The lowest BCUT2D eigenvalue weighted by Crippen LogP contribution is -2.21. The molecule has 0 amide bonds. The summed E-state index contributed by atoms with van der Waals surface area (Å²) >= 11 is 1.45. The average molecular weight is 342 g/mol. The standard InChI is InChI=1S/C17H18N4O2S/c1-12-19-16-15(7-10-24-16)17(23)21(12)18-11-13-3-5-14(6-4-13)20(2)8-9-22/h3-7,10-11,22H,8-9H2,1-2H3/b18-11-. The fraction of sp³-hybridized carbons (Fsp3) is 0.235. The summed E-state index contributed by atoms with van der Waals surface area (Å²) in [7, 11) is 1.92. The third-order valence-electron chi connectivity index (χ3n) is 3.73. The molecule has 0 atom stereocenters. The molecule has 0 radical (unpaired) electrons. The number of aliphatic hydroxyl groups is 1. The molecule has 0 unspecified atom stereocenters. The molecule has 2 aromatic heterocycles. The fourth-order valence-corrected chi connectivity index (χ4v) is 3.16. The molecule has 0 aliphatic rings. The van der Waals surface area contributed by atoms with Crippen LogP contribution >= 0.6 is 11.3 Å². The van der Waals surface area contributed by atoms with Gasteiger partial charge in [-0.1, -0.05) is 12.1 Å². The first-order chi connectivity index (χ1) is 11.6. The largest absolute Gasteiger partial charge is 0.395 e. The van der Waals surface area contributed by atoms with Gasteiger partial charge in [-0.05, 0) is 36.1 Å². The lowest BCUT2D eigenvalue weighted by atomic mass is 10.2. The summed E-state index contributed by atoms with van der Waals surface area (Å²) in [5.74, 6) is 0.561. The summed E-state index contributed by atoms with van der Waals surface area (Å²) in [6.45, 7) is 2.46. The number of anilines is 1. The molecule has 0 saturated carbocycles. The molecule has 24 heavy (non-hydrogen) atoms. The monoisotopic (exact) mass is 342 g/mol. The fourth-order valence-electron chi connectivity index (χ4n) is 2.36. The predicted molar refractivity (Wildman–Crippen MR) is 98.4 cm³/mol. The minimum atomic E-state index is -0.158. The van der Waals surface area contributed by atoms with E-state index >= 15 is 0 Å². The number of aryl methyl sites for hydroxylation is 1. The molecule has 0 aliphatic heterocycles. The van der Waals surface area contributed by atoms with E-state index in [1.165, 1.54) is 16.0 Å². The number of likely N-dealkylation sites (N-methyl/N-ethyl adjacent to an activating group) is 1. The van der Waals surface area contributed by atoms with Crippen molar-refractivity contribution in [2.45, 2.75) is 6.92 Å². The number of rotatable bonds is 5. The highest BCUT2D eigenvalue weighted by Crippen LogP contribution is 2.15. The Labute approximate surface area is 143 Å². The second-order valence-corrected chi connectivity index (χ2v) is 6.29. The van der Waals surface area contributed by atoms with Crippen molar-refractivity contribution in [3.8, 4) is 0 Å². The molecule has 3 aromatic rings. The first kappa shape index (κ1) is 16.4. The highest BCUT2D eigenvalue weighted by molar-refractivity contribution is 7.16. The molecule has 3 rings (SSSR count). The van der Waals surface area contributed by atoms with Gasteiger partial charge in [0.1, 0.15) is 10.7 Å². The first-order valence-corrected chi connectivity index (χ1v) is 8.41. The van der Waals surface area contributed by atoms with Crippen LogP contribution in [-0.2, 0) is 0 Å². The molecular weight excluding hydrogens is 324 g/mol. The van der Waals surface area contributed by atoms with Crippen molar-refractivity contribution in [1.29, 1.82) is 0 Å². The molecule has 1 aromatic carbocycles. The Morgan fingerprint density at radius 3 is 2.79 bits per heavy atom. The Kier molecular flexibility index (Phi) is 4.73. The maximum atomic E-state index is 12.4. The van der Waals surface area contributed by atoms with E-state index in [-0.39, 0.29) is 12.2 Å². The van der Waals surface area contributed by atoms with Crippen LogP contribution in [0.1, 0.15) is 11.4 Å². The van der Waals surface area contributed by atoms with Crippen molar-refractivity contribution in [3.63, 3.8) is 0 Å². The van der Waals surface area contributed by atoms with Crippen LogP contribution in [0.15, 0.2) is 45.6 Å². The normalized spacial score (nSPS) is 11.5. The first-order valence-electron chi connectivity index (χ1n) is 7.53. The molecule has 124 valence electrons. The summed E-state index contributed by atoms with van der Waals surface area (Å²) in [5.41, 5.74) is 1.73. The van der Waals surface area contributed by atoms with Gasteiger partial charge in [0.05, 0.1) is 18.2 Å². The van der Waals surface area contributed by atoms with Gasteiger partial charge < -0.3 is 10.0 Å². The van der Waals surface area contributed by atoms with Crippen molar-refractivity contribution in [2.75, 3.05) is 25.1 Å². The van der Waals surface area contributed by atoms with E-state index in [1.807, 2.05) is 41.6 Å². The van der Waals surface area contributed by atoms with Crippen molar-refractivity contribution in [2.24, 2.45) is 5.10 Å².